The van der Waals surface area contributed by atoms with E-state index in [1.54, 1.807) is 0 Å². The molecule has 9 aromatic carbocycles. The van der Waals surface area contributed by atoms with Crippen molar-refractivity contribution in [1.29, 1.82) is 0 Å². The van der Waals surface area contributed by atoms with Crippen molar-refractivity contribution in [3.05, 3.63) is 176 Å². The van der Waals surface area contributed by atoms with Gasteiger partial charge in [-0.2, -0.15) is 0 Å². The van der Waals surface area contributed by atoms with Crippen molar-refractivity contribution in [3.8, 4) is 138 Å². The van der Waals surface area contributed by atoms with Gasteiger partial charge in [0.05, 0.1) is 28.5 Å². The molecule has 30 heteroatoms. The van der Waals surface area contributed by atoms with Crippen molar-refractivity contribution in [2.24, 2.45) is 0 Å². The Bertz CT molecular complexity index is 4680. The standard InChI is InChI=1S/C66H50O30/c67-27-16-36(75)48-46(17-27)91-58(22-2-5-30(69)34(73)8-22)62(95-65(89)25-12-42(81)55(86)43(82)13-25)52(48)50-38(77)20-39(78)51-53(63(96-66(90)26-14-44(83)56(87)45(84)15-26)59(94-61(50)51)23-3-6-31(70)35(74)9-23)49-37(76)19-32(71)28-18-47(92-64(88)24-10-40(79)54(85)41(80)11-24)57(93-60(28)49)21-1-4-29(68)33(72)7-21/h1-17,19-20,47,52-53,57-59,62-63,67-87H,18H2/t47?,52-,53+,57-,58-,59-,62-,63?/m1/s1. The molecule has 0 bridgehead atoms. The number of ether oxygens (including phenoxy) is 6. The van der Waals surface area contributed by atoms with E-state index in [0.29, 0.717) is 36.4 Å². The van der Waals surface area contributed by atoms with E-state index in [4.69, 9.17) is 28.4 Å². The molecule has 0 spiro atoms. The summed E-state index contributed by atoms with van der Waals surface area (Å²) in [6.45, 7) is 0. The van der Waals surface area contributed by atoms with Crippen molar-refractivity contribution < 1.29 is 150 Å². The molecule has 0 radical (unpaired) electrons. The van der Waals surface area contributed by atoms with Crippen LogP contribution in [0.5, 0.6) is 138 Å². The molecule has 0 saturated heterocycles. The number of rotatable bonds is 11. The van der Waals surface area contributed by atoms with Crippen LogP contribution >= 0.6 is 0 Å². The van der Waals surface area contributed by atoms with Crippen molar-refractivity contribution in [3.63, 3.8) is 0 Å². The fraction of sp³-hybridized carbons (Fsp3) is 0.136. The van der Waals surface area contributed by atoms with Gasteiger partial charge in [0.1, 0.15) is 57.8 Å². The number of carbonyl (C=O) groups excluding carboxylic acids is 3. The van der Waals surface area contributed by atoms with Crippen molar-refractivity contribution in [1.82, 2.24) is 0 Å². The molecule has 0 fully saturated rings. The number of fused-ring (bicyclic) bond motifs is 3. The molecular formula is C66H50O30. The van der Waals surface area contributed by atoms with Crippen LogP contribution in [0.3, 0.4) is 0 Å². The van der Waals surface area contributed by atoms with E-state index in [9.17, 15) is 122 Å². The third kappa shape index (κ3) is 10.8. The summed E-state index contributed by atoms with van der Waals surface area (Å²) in [5, 5.41) is 232. The summed E-state index contributed by atoms with van der Waals surface area (Å²) in [5.74, 6) is -30.4. The Morgan fingerprint density at radius 3 is 1.07 bits per heavy atom. The predicted molar refractivity (Wildman–Crippen MR) is 318 cm³/mol. The molecule has 8 atom stereocenters. The minimum absolute atomic E-state index is 0.160. The number of hydrogen-bond acceptors (Lipinski definition) is 30. The van der Waals surface area contributed by atoms with E-state index in [2.05, 4.69) is 0 Å². The largest absolute Gasteiger partial charge is 0.508 e. The average Bonchev–Trinajstić information content (AvgIpc) is 0.710. The Balaban J connectivity index is 1.16. The average molecular weight is 1320 g/mol. The molecule has 3 heterocycles. The minimum Gasteiger partial charge on any atom is -0.508 e. The second kappa shape index (κ2) is 23.4. The molecule has 3 aliphatic heterocycles. The Labute approximate surface area is 535 Å². The lowest BCUT2D eigenvalue weighted by Gasteiger charge is -2.44. The van der Waals surface area contributed by atoms with Crippen molar-refractivity contribution >= 4 is 17.9 Å². The van der Waals surface area contributed by atoms with Crippen LogP contribution in [0.2, 0.25) is 0 Å². The van der Waals surface area contributed by atoms with Gasteiger partial charge in [-0.15, -0.1) is 0 Å². The van der Waals surface area contributed by atoms with Gasteiger partial charge >= 0.3 is 17.9 Å². The molecule has 2 unspecified atom stereocenters. The van der Waals surface area contributed by atoms with Gasteiger partial charge in [0, 0.05) is 75.2 Å². The lowest BCUT2D eigenvalue weighted by molar-refractivity contribution is -0.0345. The van der Waals surface area contributed by atoms with Crippen molar-refractivity contribution in [2.75, 3.05) is 0 Å². The molecule has 494 valence electrons. The highest BCUT2D eigenvalue weighted by atomic mass is 16.6. The number of carbonyl (C=O) groups is 3. The van der Waals surface area contributed by atoms with Crippen LogP contribution in [0.1, 0.15) is 106 Å². The Hall–Kier alpha value is -13.4. The van der Waals surface area contributed by atoms with Crippen LogP contribution in [0.15, 0.2) is 115 Å². The first-order valence-corrected chi connectivity index (χ1v) is 28.1. The van der Waals surface area contributed by atoms with Gasteiger partial charge in [-0.3, -0.25) is 0 Å². The Kier molecular flexibility index (Phi) is 15.3. The predicted octanol–water partition coefficient (Wildman–Crippen LogP) is 7.39. The zero-order valence-corrected chi connectivity index (χ0v) is 48.4. The van der Waals surface area contributed by atoms with Gasteiger partial charge in [-0.05, 0) is 72.8 Å². The summed E-state index contributed by atoms with van der Waals surface area (Å²) in [7, 11) is 0. The first-order valence-electron chi connectivity index (χ1n) is 28.1. The zero-order valence-electron chi connectivity index (χ0n) is 48.4. The Morgan fingerprint density at radius 1 is 0.312 bits per heavy atom. The summed E-state index contributed by atoms with van der Waals surface area (Å²) < 4.78 is 38.4. The van der Waals surface area contributed by atoms with Crippen molar-refractivity contribution in [2.45, 2.75) is 54.9 Å². The van der Waals surface area contributed by atoms with Crippen LogP contribution in [0, 0.1) is 0 Å². The number of hydrogen-bond donors (Lipinski definition) is 21. The number of phenols is 21. The van der Waals surface area contributed by atoms with Gasteiger partial charge in [0.15, 0.2) is 117 Å². The maximum atomic E-state index is 14.9. The fourth-order valence-electron chi connectivity index (χ4n) is 12.0. The smallest absolute Gasteiger partial charge is 0.338 e. The number of aromatic hydroxyl groups is 21. The summed E-state index contributed by atoms with van der Waals surface area (Å²) in [5.41, 5.74) is -5.75. The maximum Gasteiger partial charge on any atom is 0.338 e. The lowest BCUT2D eigenvalue weighted by Crippen LogP contribution is -2.42. The molecule has 3 aliphatic rings. The molecule has 21 N–H and O–H groups in total. The number of phenolic OH excluding ortho intramolecular Hbond substituents is 21. The molecule has 0 aromatic heterocycles. The van der Waals surface area contributed by atoms with E-state index in [-0.39, 0.29) is 16.7 Å². The molecule has 9 aromatic rings. The molecule has 0 aliphatic carbocycles. The number of benzene rings is 9. The SMILES string of the molecule is O=C(OC1Cc2c(O)cc(O)c([C@H]3c4c(O)cc(O)c([C@H]5c6c(O)cc(O)cc6O[C@H](c6ccc(O)c(O)c6)[C@@H]5OC(=O)c5cc(O)c(O)c(O)c5)c4O[C@H](c4ccc(O)c(O)c4)C3OC(=O)c3cc(O)c(O)c(O)c3)c2O[C@@H]1c1ccc(O)c(O)c1)c1cc(O)c(O)c(O)c1. The highest BCUT2D eigenvalue weighted by Crippen LogP contribution is 2.64. The first-order chi connectivity index (χ1) is 45.5. The van der Waals surface area contributed by atoms with Gasteiger partial charge in [0.2, 0.25) is 0 Å². The zero-order chi connectivity index (χ0) is 68.9. The second-order valence-corrected chi connectivity index (χ2v) is 22.4. The third-order valence-corrected chi connectivity index (χ3v) is 16.4. The normalized spacial score (nSPS) is 19.2. The van der Waals surface area contributed by atoms with Gasteiger partial charge in [-0.1, -0.05) is 18.2 Å². The summed E-state index contributed by atoms with van der Waals surface area (Å²) in [6.07, 6.45) is -12.7. The van der Waals surface area contributed by atoms with Gasteiger partial charge < -0.3 is 136 Å². The van der Waals surface area contributed by atoms with Crippen LogP contribution in [0.4, 0.5) is 0 Å². The summed E-state index contributed by atoms with van der Waals surface area (Å²) >= 11 is 0. The maximum absolute atomic E-state index is 14.9. The third-order valence-electron chi connectivity index (χ3n) is 16.4. The quantitative estimate of drug-likeness (QED) is 0.0341. The second-order valence-electron chi connectivity index (χ2n) is 22.4. The summed E-state index contributed by atoms with van der Waals surface area (Å²) in [4.78, 5) is 43.7. The van der Waals surface area contributed by atoms with Crippen LogP contribution in [-0.4, -0.2) is 143 Å². The topological polar surface area (TPSA) is 531 Å². The van der Waals surface area contributed by atoms with E-state index in [1.165, 1.54) is 6.07 Å². The Morgan fingerprint density at radius 2 is 0.656 bits per heavy atom. The highest BCUT2D eigenvalue weighted by Gasteiger charge is 2.54. The van der Waals surface area contributed by atoms with Crippen LogP contribution in [-0.2, 0) is 20.6 Å². The number of esters is 3. The van der Waals surface area contributed by atoms with E-state index < -0.39 is 255 Å². The van der Waals surface area contributed by atoms with Crippen LogP contribution in [0.25, 0.3) is 0 Å². The molecular weight excluding hydrogens is 1270 g/mol. The molecule has 12 rings (SSSR count). The van der Waals surface area contributed by atoms with E-state index in [0.717, 1.165) is 72.8 Å². The first kappa shape index (κ1) is 62.8. The fourth-order valence-corrected chi connectivity index (χ4v) is 12.0. The van der Waals surface area contributed by atoms with Gasteiger partial charge in [-0.25, -0.2) is 14.4 Å². The van der Waals surface area contributed by atoms with E-state index in [1.807, 2.05) is 0 Å². The summed E-state index contributed by atoms with van der Waals surface area (Å²) in [6, 6.07) is 16.1. The van der Waals surface area contributed by atoms with Crippen LogP contribution < -0.4 is 14.2 Å². The van der Waals surface area contributed by atoms with Gasteiger partial charge in [0.25, 0.3) is 0 Å². The highest BCUT2D eigenvalue weighted by molar-refractivity contribution is 5.93. The molecule has 96 heavy (non-hydrogen) atoms. The lowest BCUT2D eigenvalue weighted by atomic mass is 9.73. The van der Waals surface area contributed by atoms with E-state index >= 15 is 0 Å². The molecule has 0 amide bonds. The molecule has 0 saturated carbocycles. The molecule has 30 nitrogen and oxygen atoms in total. The minimum atomic E-state index is -2.27. The monoisotopic (exact) mass is 1320 g/mol.